The molecule has 2 atom stereocenters. The highest BCUT2D eigenvalue weighted by molar-refractivity contribution is 7.25. The number of nitrogens with one attached hydrogen (secondary N) is 4. The van der Waals surface area contributed by atoms with Crippen molar-refractivity contribution in [2.45, 2.75) is 26.7 Å². The first-order chi connectivity index (χ1) is 35.3. The molecule has 4 aliphatic heterocycles. The van der Waals surface area contributed by atoms with Gasteiger partial charge in [0.2, 0.25) is 0 Å². The SMILES string of the molecule is Cc1cc2c3c(ccc4c5c(-c6ccc(-c7ccc(-c8cc9c%10c%11c(c%12ccc%13c%14c(ccc(c8%11)c%12%14)C(=O)NC%13=O)C(C)C(C)C=%10C(=O)NC9=O)s7)s6)cc6c7c(ccc(c1c34)c75)C(=O)NC6=O)C(=O)NC2=O. The molecule has 2 aromatic heterocycles. The Balaban J connectivity index is 0.950. The summed E-state index contributed by atoms with van der Waals surface area (Å²) in [6, 6.07) is 28.3. The van der Waals surface area contributed by atoms with Crippen molar-refractivity contribution in [3.05, 3.63) is 146 Å². The number of imide groups is 4. The van der Waals surface area contributed by atoms with Gasteiger partial charge in [-0.1, -0.05) is 38.1 Å². The van der Waals surface area contributed by atoms with E-state index in [4.69, 9.17) is 0 Å². The van der Waals surface area contributed by atoms with E-state index in [9.17, 15) is 38.4 Å². The monoisotopic (exact) mass is 986 g/mol. The van der Waals surface area contributed by atoms with Gasteiger partial charge in [-0.15, -0.1) is 22.7 Å². The second-order valence-electron chi connectivity index (χ2n) is 19.8. The molecular weight excluding hydrogens is 957 g/mol. The number of rotatable bonds is 3. The molecule has 0 fully saturated rings. The van der Waals surface area contributed by atoms with E-state index in [1.807, 2.05) is 74.5 Å². The molecule has 6 heterocycles. The topological polar surface area (TPSA) is 185 Å². The molecule has 1 aliphatic carbocycles. The van der Waals surface area contributed by atoms with Crippen LogP contribution in [0.4, 0.5) is 0 Å². The van der Waals surface area contributed by atoms with Crippen LogP contribution in [0.25, 0.3) is 112 Å². The van der Waals surface area contributed by atoms with E-state index in [1.165, 1.54) is 22.7 Å². The molecule has 346 valence electrons. The number of hydrogen-bond donors (Lipinski definition) is 4. The lowest BCUT2D eigenvalue weighted by molar-refractivity contribution is -0.115. The average Bonchev–Trinajstić information content (AvgIpc) is 4.08. The van der Waals surface area contributed by atoms with Crippen LogP contribution in [-0.2, 0) is 4.79 Å². The third kappa shape index (κ3) is 4.80. The van der Waals surface area contributed by atoms with Crippen LogP contribution >= 0.6 is 22.7 Å². The van der Waals surface area contributed by atoms with Gasteiger partial charge >= 0.3 is 0 Å². The number of aryl methyl sites for hydroxylation is 1. The maximum absolute atomic E-state index is 14.0. The van der Waals surface area contributed by atoms with Crippen LogP contribution in [-0.4, -0.2) is 47.3 Å². The van der Waals surface area contributed by atoms with Crippen LogP contribution in [0.5, 0.6) is 0 Å². The standard InChI is InChI=1S/C59H30N4O8S2/c1-19-16-32-46-28(54(66)61-56(32)68)11-7-25-43-30(17-33-47-29(55(67)62-57(33)69)8-4-22(49(43)47)39(19)48(25)46)35-12-14-37(72-35)38-15-13-36(73-38)31-18-34-50-41(59(71)63-58(34)70)21(3)20(2)40-23-5-9-26-45-27(53(65)60-52(26)64)10-6-24(42(23)45)44(31)51(40)50/h4-18,20-21H,1-3H3,(H,60,64,65)(H,61,66,68)(H,62,67,69)(H,63,70,71). The molecule has 8 amide bonds. The first kappa shape index (κ1) is 40.7. The van der Waals surface area contributed by atoms with Crippen LogP contribution in [0, 0.1) is 12.8 Å². The largest absolute Gasteiger partial charge is 0.288 e. The zero-order valence-corrected chi connectivity index (χ0v) is 40.0. The van der Waals surface area contributed by atoms with Crippen LogP contribution < -0.4 is 26.5 Å². The van der Waals surface area contributed by atoms with Gasteiger partial charge in [0.15, 0.2) is 0 Å². The predicted molar refractivity (Wildman–Crippen MR) is 281 cm³/mol. The first-order valence-corrected chi connectivity index (χ1v) is 25.3. The van der Waals surface area contributed by atoms with Crippen molar-refractivity contribution in [2.24, 2.45) is 5.92 Å². The molecule has 16 rings (SSSR count). The van der Waals surface area contributed by atoms with E-state index in [1.54, 1.807) is 30.3 Å². The zero-order chi connectivity index (χ0) is 49.5. The van der Waals surface area contributed by atoms with Crippen LogP contribution in [0.15, 0.2) is 91.0 Å². The van der Waals surface area contributed by atoms with Gasteiger partial charge in [0, 0.05) is 96.5 Å². The summed E-state index contributed by atoms with van der Waals surface area (Å²) >= 11 is 3.07. The van der Waals surface area contributed by atoms with Crippen molar-refractivity contribution in [1.29, 1.82) is 0 Å². The van der Waals surface area contributed by atoms with E-state index in [0.717, 1.165) is 101 Å². The summed E-state index contributed by atoms with van der Waals surface area (Å²) < 4.78 is 0. The molecule has 12 nitrogen and oxygen atoms in total. The average molecular weight is 987 g/mol. The summed E-state index contributed by atoms with van der Waals surface area (Å²) in [7, 11) is 0. The lowest BCUT2D eigenvalue weighted by Gasteiger charge is -2.34. The van der Waals surface area contributed by atoms with Crippen molar-refractivity contribution in [3.8, 4) is 30.6 Å². The van der Waals surface area contributed by atoms with Gasteiger partial charge in [-0.25, -0.2) is 0 Å². The third-order valence-electron chi connectivity index (χ3n) is 16.4. The van der Waals surface area contributed by atoms with Crippen molar-refractivity contribution < 1.29 is 38.4 Å². The summed E-state index contributed by atoms with van der Waals surface area (Å²) in [6.45, 7) is 6.02. The van der Waals surface area contributed by atoms with E-state index in [-0.39, 0.29) is 11.8 Å². The Morgan fingerprint density at radius 1 is 0.329 bits per heavy atom. The van der Waals surface area contributed by atoms with Gasteiger partial charge in [0.1, 0.15) is 0 Å². The van der Waals surface area contributed by atoms with Gasteiger partial charge in [0.05, 0.1) is 0 Å². The Hall–Kier alpha value is -8.98. The number of hydrogen-bond acceptors (Lipinski definition) is 10. The highest BCUT2D eigenvalue weighted by atomic mass is 32.1. The number of carbonyl (C=O) groups excluding carboxylic acids is 8. The molecule has 9 aromatic carbocycles. The van der Waals surface area contributed by atoms with Crippen LogP contribution in [0.2, 0.25) is 0 Å². The second-order valence-corrected chi connectivity index (χ2v) is 22.0. The zero-order valence-electron chi connectivity index (χ0n) is 38.4. The molecule has 0 spiro atoms. The molecule has 2 unspecified atom stereocenters. The van der Waals surface area contributed by atoms with Gasteiger partial charge in [-0.2, -0.15) is 0 Å². The Labute approximate surface area is 418 Å². The fourth-order valence-electron chi connectivity index (χ4n) is 13.3. The summed E-state index contributed by atoms with van der Waals surface area (Å²) in [5.41, 5.74) is 6.60. The molecule has 0 radical (unpaired) electrons. The van der Waals surface area contributed by atoms with Crippen molar-refractivity contribution in [3.63, 3.8) is 0 Å². The van der Waals surface area contributed by atoms with Crippen molar-refractivity contribution >= 4 is 151 Å². The Morgan fingerprint density at radius 2 is 0.726 bits per heavy atom. The molecule has 0 saturated carbocycles. The van der Waals surface area contributed by atoms with Gasteiger partial charge in [-0.3, -0.25) is 59.6 Å². The maximum atomic E-state index is 14.0. The minimum absolute atomic E-state index is 0.179. The highest BCUT2D eigenvalue weighted by Gasteiger charge is 2.40. The molecule has 0 bridgehead atoms. The van der Waals surface area contributed by atoms with E-state index >= 15 is 0 Å². The first-order valence-electron chi connectivity index (χ1n) is 23.7. The molecule has 11 aromatic rings. The van der Waals surface area contributed by atoms with Gasteiger partial charge in [-0.05, 0) is 156 Å². The highest BCUT2D eigenvalue weighted by Crippen LogP contribution is 2.54. The number of benzene rings is 9. The molecule has 73 heavy (non-hydrogen) atoms. The minimum atomic E-state index is -0.505. The minimum Gasteiger partial charge on any atom is -0.288 e. The lowest BCUT2D eigenvalue weighted by Crippen LogP contribution is -2.46. The summed E-state index contributed by atoms with van der Waals surface area (Å²) in [5.74, 6) is -4.20. The van der Waals surface area contributed by atoms with Crippen molar-refractivity contribution in [2.75, 3.05) is 0 Å². The number of fused-ring (bicyclic) bond motifs is 4. The second kappa shape index (κ2) is 13.3. The maximum Gasteiger partial charge on any atom is 0.258 e. The molecule has 5 aliphatic rings. The Kier molecular flexibility index (Phi) is 7.42. The Morgan fingerprint density at radius 3 is 1.29 bits per heavy atom. The lowest BCUT2D eigenvalue weighted by atomic mass is 9.70. The summed E-state index contributed by atoms with van der Waals surface area (Å²) in [5, 5.41) is 21.3. The summed E-state index contributed by atoms with van der Waals surface area (Å²) in [4.78, 5) is 112. The number of carbonyl (C=O) groups is 8. The smallest absolute Gasteiger partial charge is 0.258 e. The van der Waals surface area contributed by atoms with E-state index in [0.29, 0.717) is 65.9 Å². The normalized spacial score (nSPS) is 17.9. The molecule has 14 heteroatoms. The predicted octanol–water partition coefficient (Wildman–Crippen LogP) is 10.2. The fraction of sp³-hybridized carbons (Fsp3) is 0.0847. The van der Waals surface area contributed by atoms with Gasteiger partial charge < -0.3 is 0 Å². The van der Waals surface area contributed by atoms with Gasteiger partial charge in [0.25, 0.3) is 47.3 Å². The molecular formula is C59H30N4O8S2. The molecule has 0 saturated heterocycles. The van der Waals surface area contributed by atoms with Crippen molar-refractivity contribution in [1.82, 2.24) is 21.3 Å². The quantitative estimate of drug-likeness (QED) is 0.0766. The van der Waals surface area contributed by atoms with E-state index < -0.39 is 47.3 Å². The Bertz CT molecular complexity index is 4820. The number of amides is 8. The van der Waals surface area contributed by atoms with Crippen LogP contribution in [0.3, 0.4) is 0 Å². The summed E-state index contributed by atoms with van der Waals surface area (Å²) in [6.07, 6.45) is 0. The fourth-order valence-corrected chi connectivity index (χ4v) is 15.4. The third-order valence-corrected chi connectivity index (χ3v) is 18.8. The van der Waals surface area contributed by atoms with E-state index in [2.05, 4.69) is 28.2 Å². The molecule has 4 N–H and O–H groups in total. The van der Waals surface area contributed by atoms with Crippen LogP contribution in [0.1, 0.15) is 103 Å². The number of thiophene rings is 2.